The van der Waals surface area contributed by atoms with Gasteiger partial charge in [-0.05, 0) is 96.3 Å². The largest absolute Gasteiger partial charge is 0.472 e. The van der Waals surface area contributed by atoms with E-state index in [1.54, 1.807) is 0 Å². The number of carbonyl (C=O) groups excluding carboxylic acids is 2. The first-order valence-electron chi connectivity index (χ1n) is 22.5. The third-order valence-corrected chi connectivity index (χ3v) is 9.56. The molecule has 0 aromatic carbocycles. The van der Waals surface area contributed by atoms with Crippen LogP contribution in [-0.4, -0.2) is 65.7 Å². The van der Waals surface area contributed by atoms with Gasteiger partial charge in [0.2, 0.25) is 0 Å². The maximum absolute atomic E-state index is 12.6. The van der Waals surface area contributed by atoms with Crippen molar-refractivity contribution in [3.8, 4) is 0 Å². The summed E-state index contributed by atoms with van der Waals surface area (Å²) in [5.74, 6) is -1.07. The summed E-state index contributed by atoms with van der Waals surface area (Å²) in [5, 5.41) is 18.3. The van der Waals surface area contributed by atoms with Crippen molar-refractivity contribution in [3.63, 3.8) is 0 Å². The summed E-state index contributed by atoms with van der Waals surface area (Å²) in [6.45, 7) is 2.09. The van der Waals surface area contributed by atoms with Crippen LogP contribution in [0.4, 0.5) is 0 Å². The molecule has 11 heteroatoms. The van der Waals surface area contributed by atoms with Crippen LogP contribution in [-0.2, 0) is 32.7 Å². The van der Waals surface area contributed by atoms with Gasteiger partial charge in [-0.15, -0.1) is 0 Å². The van der Waals surface area contributed by atoms with E-state index in [0.29, 0.717) is 12.8 Å². The zero-order valence-electron chi connectivity index (χ0n) is 37.3. The van der Waals surface area contributed by atoms with E-state index in [1.165, 1.54) is 19.3 Å². The van der Waals surface area contributed by atoms with Crippen molar-refractivity contribution >= 4 is 19.8 Å². The van der Waals surface area contributed by atoms with Crippen molar-refractivity contribution in [2.45, 2.75) is 154 Å². The van der Waals surface area contributed by atoms with Gasteiger partial charge in [0.25, 0.3) is 0 Å². The van der Waals surface area contributed by atoms with Gasteiger partial charge in [0.05, 0.1) is 19.8 Å². The van der Waals surface area contributed by atoms with Gasteiger partial charge in [0.1, 0.15) is 12.7 Å². The van der Waals surface area contributed by atoms with Gasteiger partial charge in [-0.25, -0.2) is 4.57 Å². The van der Waals surface area contributed by atoms with Gasteiger partial charge < -0.3 is 24.6 Å². The van der Waals surface area contributed by atoms with Crippen LogP contribution in [0.2, 0.25) is 0 Å². The molecule has 61 heavy (non-hydrogen) atoms. The van der Waals surface area contributed by atoms with Gasteiger partial charge in [0, 0.05) is 12.8 Å². The summed E-state index contributed by atoms with van der Waals surface area (Å²) >= 11 is 0. The second-order valence-corrected chi connectivity index (χ2v) is 15.8. The van der Waals surface area contributed by atoms with Crippen LogP contribution in [0.1, 0.15) is 142 Å². The number of allylic oxidation sites excluding steroid dienone is 20. The molecule has 0 fully saturated rings. The van der Waals surface area contributed by atoms with Crippen molar-refractivity contribution in [1.82, 2.24) is 0 Å². The van der Waals surface area contributed by atoms with E-state index >= 15 is 0 Å². The summed E-state index contributed by atoms with van der Waals surface area (Å²) in [4.78, 5) is 35.0. The minimum Gasteiger partial charge on any atom is -0.462 e. The highest BCUT2D eigenvalue weighted by atomic mass is 31.2. The standard InChI is InChI=1S/C50H79O10P/c1-3-5-7-9-11-13-15-17-19-21-23-25-27-29-31-33-35-37-39-41-49(53)57-45-48(46-59-61(55,56)58-44-47(52)43-51)60-50(54)42-40-38-36-34-32-30-28-26-24-22-20-18-16-14-12-10-8-6-4-2/h5,7,11-14,17-20,23-26,29-32,36,38,47-48,51-52H,3-4,6,8-10,15-16,21-22,27-28,33-35,37,39-46H2,1-2H3,(H,55,56)/b7-5+,13-11+,14-12+,19-17+,20-18+,25-23+,26-24+,31-29+,32-30+,38-36+/t47-,48+/m0/s1. The average Bonchev–Trinajstić information content (AvgIpc) is 3.25. The van der Waals surface area contributed by atoms with Crippen molar-refractivity contribution in [2.24, 2.45) is 0 Å². The van der Waals surface area contributed by atoms with E-state index in [2.05, 4.69) is 128 Å². The zero-order chi connectivity index (χ0) is 44.8. The maximum atomic E-state index is 12.6. The molecule has 0 aromatic heterocycles. The fourth-order valence-electron chi connectivity index (χ4n) is 5.18. The summed E-state index contributed by atoms with van der Waals surface area (Å²) in [5.41, 5.74) is 0. The molecule has 0 spiro atoms. The van der Waals surface area contributed by atoms with E-state index in [-0.39, 0.29) is 19.4 Å². The topological polar surface area (TPSA) is 149 Å². The molecular weight excluding hydrogens is 792 g/mol. The molecule has 0 radical (unpaired) electrons. The second-order valence-electron chi connectivity index (χ2n) is 14.3. The lowest BCUT2D eigenvalue weighted by molar-refractivity contribution is -0.161. The Kier molecular flexibility index (Phi) is 41.8. The summed E-state index contributed by atoms with van der Waals surface area (Å²) in [6, 6.07) is 0. The van der Waals surface area contributed by atoms with Crippen LogP contribution in [0.25, 0.3) is 0 Å². The monoisotopic (exact) mass is 871 g/mol. The summed E-state index contributed by atoms with van der Waals surface area (Å²) < 4.78 is 32.6. The zero-order valence-corrected chi connectivity index (χ0v) is 38.2. The Hall–Kier alpha value is -3.63. The molecule has 10 nitrogen and oxygen atoms in total. The van der Waals surface area contributed by atoms with E-state index in [9.17, 15) is 24.2 Å². The lowest BCUT2D eigenvalue weighted by Crippen LogP contribution is -2.29. The lowest BCUT2D eigenvalue weighted by atomic mass is 10.1. The minimum atomic E-state index is -4.66. The first-order chi connectivity index (χ1) is 29.7. The first-order valence-corrected chi connectivity index (χ1v) is 24.0. The molecule has 3 N–H and O–H groups in total. The molecule has 0 heterocycles. The molecular formula is C50H79O10P. The molecule has 0 amide bonds. The van der Waals surface area contributed by atoms with Gasteiger partial charge in [-0.1, -0.05) is 155 Å². The van der Waals surface area contributed by atoms with Gasteiger partial charge >= 0.3 is 19.8 Å². The lowest BCUT2D eigenvalue weighted by Gasteiger charge is -2.20. The molecule has 0 aliphatic carbocycles. The SMILES string of the molecule is CC/C=C/C/C=C/C/C=C/C/C=C/C/C=C/CCCCCC(=O)OC[C@H](COP(=O)(O)OC[C@@H](O)CO)OC(=O)CC/C=C/C/C=C/C/C=C/C/C=C/C/C=C/CCCCC. The smallest absolute Gasteiger partial charge is 0.462 e. The third kappa shape index (κ3) is 44.2. The number of unbranched alkanes of at least 4 members (excludes halogenated alkanes) is 6. The maximum Gasteiger partial charge on any atom is 0.472 e. The first kappa shape index (κ1) is 57.4. The third-order valence-electron chi connectivity index (χ3n) is 8.61. The number of aliphatic hydroxyl groups excluding tert-OH is 2. The number of hydrogen-bond donors (Lipinski definition) is 3. The predicted octanol–water partition coefficient (Wildman–Crippen LogP) is 12.3. The average molecular weight is 871 g/mol. The van der Waals surface area contributed by atoms with E-state index in [0.717, 1.165) is 83.5 Å². The second kappa shape index (κ2) is 44.4. The van der Waals surface area contributed by atoms with E-state index in [4.69, 9.17) is 19.1 Å². The van der Waals surface area contributed by atoms with Crippen LogP contribution in [0, 0.1) is 0 Å². The van der Waals surface area contributed by atoms with Gasteiger partial charge in [-0.3, -0.25) is 18.6 Å². The van der Waals surface area contributed by atoms with Gasteiger partial charge in [-0.2, -0.15) is 0 Å². The number of phosphoric acid groups is 1. The number of esters is 2. The normalized spacial score (nSPS) is 14.9. The van der Waals surface area contributed by atoms with Crippen LogP contribution in [0.5, 0.6) is 0 Å². The van der Waals surface area contributed by atoms with Crippen LogP contribution < -0.4 is 0 Å². The van der Waals surface area contributed by atoms with E-state index in [1.807, 2.05) is 12.2 Å². The van der Waals surface area contributed by atoms with Crippen molar-refractivity contribution in [3.05, 3.63) is 122 Å². The fraction of sp³-hybridized carbons (Fsp3) is 0.560. The highest BCUT2D eigenvalue weighted by molar-refractivity contribution is 7.47. The molecule has 0 rings (SSSR count). The van der Waals surface area contributed by atoms with E-state index < -0.39 is 51.8 Å². The molecule has 0 bridgehead atoms. The van der Waals surface area contributed by atoms with Gasteiger partial charge in [0.15, 0.2) is 6.10 Å². The van der Waals surface area contributed by atoms with Crippen LogP contribution in [0.15, 0.2) is 122 Å². The minimum absolute atomic E-state index is 0.0451. The number of hydrogen-bond acceptors (Lipinski definition) is 9. The number of phosphoric ester groups is 1. The highest BCUT2D eigenvalue weighted by Gasteiger charge is 2.27. The highest BCUT2D eigenvalue weighted by Crippen LogP contribution is 2.43. The Morgan fingerprint density at radius 2 is 0.934 bits per heavy atom. The van der Waals surface area contributed by atoms with Crippen LogP contribution >= 0.6 is 7.82 Å². The number of carbonyl (C=O) groups is 2. The number of ether oxygens (including phenoxy) is 2. The summed E-state index contributed by atoms with van der Waals surface area (Å²) in [6.07, 6.45) is 57.5. The number of aliphatic hydroxyl groups is 2. The Balaban J connectivity index is 4.49. The Bertz CT molecular complexity index is 1420. The van der Waals surface area contributed by atoms with Crippen LogP contribution in [0.3, 0.4) is 0 Å². The Morgan fingerprint density at radius 1 is 0.508 bits per heavy atom. The Morgan fingerprint density at radius 3 is 1.39 bits per heavy atom. The molecule has 3 atom stereocenters. The fourth-order valence-corrected chi connectivity index (χ4v) is 5.97. The molecule has 344 valence electrons. The predicted molar refractivity (Wildman–Crippen MR) is 251 cm³/mol. The molecule has 0 saturated heterocycles. The molecule has 0 aliphatic rings. The quantitative estimate of drug-likeness (QED) is 0.0235. The van der Waals surface area contributed by atoms with Crippen molar-refractivity contribution in [2.75, 3.05) is 26.4 Å². The summed E-state index contributed by atoms with van der Waals surface area (Å²) in [7, 11) is -4.66. The number of rotatable bonds is 40. The Labute approximate surface area is 368 Å². The molecule has 0 saturated carbocycles. The van der Waals surface area contributed by atoms with Crippen molar-refractivity contribution < 1.29 is 47.8 Å². The molecule has 0 aromatic rings. The molecule has 0 aliphatic heterocycles. The van der Waals surface area contributed by atoms with Crippen molar-refractivity contribution in [1.29, 1.82) is 0 Å². The molecule has 1 unspecified atom stereocenters.